The summed E-state index contributed by atoms with van der Waals surface area (Å²) in [6.07, 6.45) is 1.79. The second-order valence-electron chi connectivity index (χ2n) is 5.58. The maximum atomic E-state index is 12.0. The summed E-state index contributed by atoms with van der Waals surface area (Å²) < 4.78 is 5.08. The molecule has 2 aromatic rings. The van der Waals surface area contributed by atoms with Crippen molar-refractivity contribution in [3.05, 3.63) is 16.8 Å². The van der Waals surface area contributed by atoms with Gasteiger partial charge in [0.15, 0.2) is 0 Å². The molecule has 130 valence electrons. The number of anilines is 1. The second kappa shape index (κ2) is 8.05. The maximum absolute atomic E-state index is 12.0. The van der Waals surface area contributed by atoms with Gasteiger partial charge in [-0.25, -0.2) is 14.8 Å². The van der Waals surface area contributed by atoms with Crippen molar-refractivity contribution in [1.82, 2.24) is 15.3 Å². The predicted molar refractivity (Wildman–Crippen MR) is 94.5 cm³/mol. The third-order valence-corrected chi connectivity index (χ3v) is 4.46. The van der Waals surface area contributed by atoms with Gasteiger partial charge in [0.05, 0.1) is 12.0 Å². The molecule has 0 aliphatic rings. The van der Waals surface area contributed by atoms with Crippen molar-refractivity contribution in [2.75, 3.05) is 18.5 Å². The maximum Gasteiger partial charge on any atom is 0.348 e. The third-order valence-electron chi connectivity index (χ3n) is 3.28. The molecule has 0 saturated heterocycles. The Labute approximate surface area is 144 Å². The van der Waals surface area contributed by atoms with E-state index in [1.807, 2.05) is 20.8 Å². The van der Waals surface area contributed by atoms with E-state index in [1.165, 1.54) is 17.7 Å². The summed E-state index contributed by atoms with van der Waals surface area (Å²) in [6, 6.07) is 0.120. The van der Waals surface area contributed by atoms with Crippen LogP contribution in [0, 0.1) is 6.92 Å². The zero-order valence-electron chi connectivity index (χ0n) is 14.3. The molecule has 1 amide bonds. The highest BCUT2D eigenvalue weighted by molar-refractivity contribution is 7.20. The largest absolute Gasteiger partial charge is 0.462 e. The molecule has 0 unspecified atom stereocenters. The highest BCUT2D eigenvalue weighted by Crippen LogP contribution is 2.33. The zero-order chi connectivity index (χ0) is 17.7. The molecule has 2 aromatic heterocycles. The first-order valence-electron chi connectivity index (χ1n) is 7.88. The lowest BCUT2D eigenvalue weighted by Crippen LogP contribution is -2.31. The van der Waals surface area contributed by atoms with E-state index in [-0.39, 0.29) is 17.9 Å². The number of amides is 1. The van der Waals surface area contributed by atoms with Crippen LogP contribution in [0.4, 0.5) is 5.82 Å². The smallest absolute Gasteiger partial charge is 0.348 e. The Kier molecular flexibility index (Phi) is 6.08. The molecule has 2 rings (SSSR count). The van der Waals surface area contributed by atoms with E-state index in [1.54, 1.807) is 6.92 Å². The van der Waals surface area contributed by atoms with Crippen LogP contribution in [-0.2, 0) is 9.53 Å². The van der Waals surface area contributed by atoms with Crippen molar-refractivity contribution < 1.29 is 14.3 Å². The van der Waals surface area contributed by atoms with Crippen LogP contribution in [0.5, 0.6) is 0 Å². The highest BCUT2D eigenvalue weighted by Gasteiger charge is 2.20. The van der Waals surface area contributed by atoms with Crippen molar-refractivity contribution in [3.8, 4) is 0 Å². The van der Waals surface area contributed by atoms with Gasteiger partial charge in [-0.3, -0.25) is 4.79 Å². The Hall–Kier alpha value is -2.22. The Morgan fingerprint density at radius 3 is 2.75 bits per heavy atom. The molecule has 0 spiro atoms. The van der Waals surface area contributed by atoms with E-state index in [0.717, 1.165) is 15.8 Å². The number of esters is 1. The zero-order valence-corrected chi connectivity index (χ0v) is 15.1. The summed E-state index contributed by atoms with van der Waals surface area (Å²) in [5, 5.41) is 6.80. The van der Waals surface area contributed by atoms with Crippen LogP contribution in [0.1, 0.15) is 42.4 Å². The highest BCUT2D eigenvalue weighted by atomic mass is 32.1. The number of fused-ring (bicyclic) bond motifs is 1. The Bertz CT molecular complexity index is 742. The van der Waals surface area contributed by atoms with Crippen LogP contribution in [-0.4, -0.2) is 41.0 Å². The van der Waals surface area contributed by atoms with Gasteiger partial charge in [-0.15, -0.1) is 11.3 Å². The van der Waals surface area contributed by atoms with Crippen LogP contribution < -0.4 is 10.6 Å². The molecular formula is C16H22N4O3S. The number of carbonyl (C=O) groups excluding carboxylic acids is 2. The van der Waals surface area contributed by atoms with Gasteiger partial charge < -0.3 is 15.4 Å². The van der Waals surface area contributed by atoms with E-state index in [2.05, 4.69) is 20.6 Å². The summed E-state index contributed by atoms with van der Waals surface area (Å²) >= 11 is 1.29. The number of thiophene rings is 1. The molecule has 8 heteroatoms. The van der Waals surface area contributed by atoms with Crippen LogP contribution in [0.3, 0.4) is 0 Å². The normalized spacial score (nSPS) is 10.9. The number of nitrogens with one attached hydrogen (secondary N) is 2. The summed E-state index contributed by atoms with van der Waals surface area (Å²) in [6.45, 7) is 8.25. The van der Waals surface area contributed by atoms with Gasteiger partial charge >= 0.3 is 5.97 Å². The van der Waals surface area contributed by atoms with Gasteiger partial charge in [-0.05, 0) is 33.3 Å². The van der Waals surface area contributed by atoms with Crippen LogP contribution in [0.25, 0.3) is 10.2 Å². The predicted octanol–water partition coefficient (Wildman–Crippen LogP) is 2.50. The van der Waals surface area contributed by atoms with E-state index in [0.29, 0.717) is 30.3 Å². The molecule has 0 saturated carbocycles. The average molecular weight is 350 g/mol. The second-order valence-corrected chi connectivity index (χ2v) is 6.58. The van der Waals surface area contributed by atoms with Crippen LogP contribution in [0.2, 0.25) is 0 Å². The molecule has 0 fully saturated rings. The van der Waals surface area contributed by atoms with Crippen molar-refractivity contribution in [1.29, 1.82) is 0 Å². The van der Waals surface area contributed by atoms with Gasteiger partial charge in [0.1, 0.15) is 21.9 Å². The molecule has 0 aliphatic heterocycles. The lowest BCUT2D eigenvalue weighted by Gasteiger charge is -2.10. The molecule has 2 N–H and O–H groups in total. The van der Waals surface area contributed by atoms with Crippen molar-refractivity contribution >= 4 is 39.2 Å². The van der Waals surface area contributed by atoms with Gasteiger partial charge in [0.2, 0.25) is 5.91 Å². The molecule has 0 bridgehead atoms. The first kappa shape index (κ1) is 18.1. The van der Waals surface area contributed by atoms with Crippen LogP contribution in [0.15, 0.2) is 6.33 Å². The third kappa shape index (κ3) is 4.19. The lowest BCUT2D eigenvalue weighted by atomic mass is 10.2. The summed E-state index contributed by atoms with van der Waals surface area (Å²) in [5.41, 5.74) is 0.795. The first-order chi connectivity index (χ1) is 11.4. The fourth-order valence-corrected chi connectivity index (χ4v) is 3.33. The number of ether oxygens (including phenoxy) is 1. The standard InChI is InChI=1S/C16H22N4O3S/c1-5-23-16(22)13-10(4)12-14(18-8-19-15(12)24-13)17-7-6-11(21)20-9(2)3/h8-9H,5-7H2,1-4H3,(H,20,21)(H,17,18,19). The van der Waals surface area contributed by atoms with E-state index in [4.69, 9.17) is 4.74 Å². The summed E-state index contributed by atoms with van der Waals surface area (Å²) in [5.74, 6) is 0.263. The lowest BCUT2D eigenvalue weighted by molar-refractivity contribution is -0.121. The minimum absolute atomic E-state index is 0.0166. The van der Waals surface area contributed by atoms with Crippen LogP contribution >= 0.6 is 11.3 Å². The number of hydrogen-bond donors (Lipinski definition) is 2. The molecule has 7 nitrogen and oxygen atoms in total. The topological polar surface area (TPSA) is 93.2 Å². The number of aromatic nitrogens is 2. The minimum Gasteiger partial charge on any atom is -0.462 e. The summed E-state index contributed by atoms with van der Waals surface area (Å²) in [4.78, 5) is 33.4. The number of nitrogens with zero attached hydrogens (tertiary/aromatic N) is 2. The van der Waals surface area contributed by atoms with Crippen molar-refractivity contribution in [3.63, 3.8) is 0 Å². The number of rotatable bonds is 7. The van der Waals surface area contributed by atoms with Gasteiger partial charge in [0, 0.05) is 19.0 Å². The summed E-state index contributed by atoms with van der Waals surface area (Å²) in [7, 11) is 0. The SMILES string of the molecule is CCOC(=O)c1sc2ncnc(NCCC(=O)NC(C)C)c2c1C. The molecule has 0 aromatic carbocycles. The first-order valence-corrected chi connectivity index (χ1v) is 8.70. The number of carbonyl (C=O) groups is 2. The van der Waals surface area contributed by atoms with E-state index < -0.39 is 0 Å². The van der Waals surface area contributed by atoms with Crippen molar-refractivity contribution in [2.24, 2.45) is 0 Å². The molecule has 0 radical (unpaired) electrons. The van der Waals surface area contributed by atoms with E-state index in [9.17, 15) is 9.59 Å². The Balaban J connectivity index is 2.16. The average Bonchev–Trinajstić information content (AvgIpc) is 2.85. The number of aryl methyl sites for hydroxylation is 1. The molecule has 24 heavy (non-hydrogen) atoms. The Morgan fingerprint density at radius 1 is 1.33 bits per heavy atom. The van der Waals surface area contributed by atoms with Gasteiger partial charge in [0.25, 0.3) is 0 Å². The fourth-order valence-electron chi connectivity index (χ4n) is 2.29. The Morgan fingerprint density at radius 2 is 2.08 bits per heavy atom. The molecule has 0 aliphatic carbocycles. The minimum atomic E-state index is -0.347. The van der Waals surface area contributed by atoms with Crippen molar-refractivity contribution in [2.45, 2.75) is 40.2 Å². The molecule has 0 atom stereocenters. The quantitative estimate of drug-likeness (QED) is 0.745. The fraction of sp³-hybridized carbons (Fsp3) is 0.500. The van der Waals surface area contributed by atoms with E-state index >= 15 is 0 Å². The number of hydrogen-bond acceptors (Lipinski definition) is 7. The van der Waals surface area contributed by atoms with Gasteiger partial charge in [-0.1, -0.05) is 0 Å². The van der Waals surface area contributed by atoms with Gasteiger partial charge in [-0.2, -0.15) is 0 Å². The molecule has 2 heterocycles. The molecular weight excluding hydrogens is 328 g/mol. The monoisotopic (exact) mass is 350 g/mol.